The van der Waals surface area contributed by atoms with Gasteiger partial charge in [-0.15, -0.1) is 0 Å². The molecule has 2 nitrogen and oxygen atoms in total. The van der Waals surface area contributed by atoms with E-state index in [4.69, 9.17) is 0 Å². The number of nitrogens with one attached hydrogen (secondary N) is 1. The zero-order chi connectivity index (χ0) is 13.8. The average Bonchev–Trinajstić information content (AvgIpc) is 2.49. The number of anilines is 1. The molecule has 3 aromatic carbocycles. The van der Waals surface area contributed by atoms with Gasteiger partial charge in [0.1, 0.15) is 0 Å². The van der Waals surface area contributed by atoms with E-state index in [1.165, 1.54) is 16.3 Å². The summed E-state index contributed by atoms with van der Waals surface area (Å²) in [5, 5.41) is 6.75. The highest BCUT2D eigenvalue weighted by atomic mass is 15.3. The summed E-state index contributed by atoms with van der Waals surface area (Å²) in [4.78, 5) is 0. The predicted molar refractivity (Wildman–Crippen MR) is 86.3 cm³/mol. The van der Waals surface area contributed by atoms with Crippen molar-refractivity contribution in [1.29, 1.82) is 0 Å². The van der Waals surface area contributed by atoms with Gasteiger partial charge in [0, 0.05) is 0 Å². The fourth-order valence-corrected chi connectivity index (χ4v) is 2.10. The summed E-state index contributed by atoms with van der Waals surface area (Å²) in [6.07, 6.45) is 1.84. The van der Waals surface area contributed by atoms with E-state index in [0.29, 0.717) is 0 Å². The van der Waals surface area contributed by atoms with Gasteiger partial charge in [-0.1, -0.05) is 54.1 Å². The minimum absolute atomic E-state index is 0.993. The molecular weight excluding hydrogens is 244 g/mol. The fraction of sp³-hybridized carbons (Fsp3) is 0.0556. The first-order valence-electron chi connectivity index (χ1n) is 6.66. The van der Waals surface area contributed by atoms with Gasteiger partial charge in [-0.3, -0.25) is 5.43 Å². The highest BCUT2D eigenvalue weighted by Crippen LogP contribution is 2.14. The van der Waals surface area contributed by atoms with E-state index in [9.17, 15) is 0 Å². The van der Waals surface area contributed by atoms with Crippen LogP contribution in [0.5, 0.6) is 0 Å². The lowest BCUT2D eigenvalue weighted by molar-refractivity contribution is 1.34. The molecule has 20 heavy (non-hydrogen) atoms. The van der Waals surface area contributed by atoms with Crippen molar-refractivity contribution in [2.24, 2.45) is 5.10 Å². The number of nitrogens with zero attached hydrogens (tertiary/aromatic N) is 1. The van der Waals surface area contributed by atoms with Gasteiger partial charge in [-0.25, -0.2) is 0 Å². The zero-order valence-corrected chi connectivity index (χ0v) is 11.4. The summed E-state index contributed by atoms with van der Waals surface area (Å²) < 4.78 is 0. The Bertz CT molecular complexity index is 743. The monoisotopic (exact) mass is 260 g/mol. The third kappa shape index (κ3) is 2.86. The maximum atomic E-state index is 4.27. The van der Waals surface area contributed by atoms with Crippen molar-refractivity contribution < 1.29 is 0 Å². The Morgan fingerprint density at radius 3 is 2.40 bits per heavy atom. The van der Waals surface area contributed by atoms with Crippen LogP contribution >= 0.6 is 0 Å². The third-order valence-corrected chi connectivity index (χ3v) is 3.23. The molecule has 0 bridgehead atoms. The van der Waals surface area contributed by atoms with Crippen molar-refractivity contribution in [3.8, 4) is 0 Å². The number of hydrogen-bond acceptors (Lipinski definition) is 2. The standard InChI is InChI=1S/C18H16N2/c1-14-6-10-18(11-7-14)20-19-13-15-8-9-16-4-2-3-5-17(16)12-15/h2-13,20H,1H3. The average molecular weight is 260 g/mol. The van der Waals surface area contributed by atoms with E-state index in [0.717, 1.165) is 11.3 Å². The summed E-state index contributed by atoms with van der Waals surface area (Å²) in [5.41, 5.74) is 6.36. The smallest absolute Gasteiger partial charge is 0.0561 e. The summed E-state index contributed by atoms with van der Waals surface area (Å²) in [6.45, 7) is 2.07. The quantitative estimate of drug-likeness (QED) is 0.540. The maximum Gasteiger partial charge on any atom is 0.0561 e. The van der Waals surface area contributed by atoms with Crippen molar-refractivity contribution in [3.63, 3.8) is 0 Å². The van der Waals surface area contributed by atoms with Gasteiger partial charge in [-0.05, 0) is 41.5 Å². The summed E-state index contributed by atoms with van der Waals surface area (Å²) in [6, 6.07) is 22.8. The third-order valence-electron chi connectivity index (χ3n) is 3.23. The molecule has 0 aliphatic heterocycles. The van der Waals surface area contributed by atoms with Gasteiger partial charge in [0.15, 0.2) is 0 Å². The molecule has 0 radical (unpaired) electrons. The van der Waals surface area contributed by atoms with Gasteiger partial charge in [-0.2, -0.15) is 5.10 Å². The molecule has 0 heterocycles. The molecule has 0 aromatic heterocycles. The van der Waals surface area contributed by atoms with Crippen molar-refractivity contribution in [2.45, 2.75) is 6.92 Å². The lowest BCUT2D eigenvalue weighted by Gasteiger charge is -2.01. The number of benzene rings is 3. The topological polar surface area (TPSA) is 24.4 Å². The van der Waals surface area contributed by atoms with Crippen molar-refractivity contribution in [2.75, 3.05) is 5.43 Å². The molecule has 0 atom stereocenters. The van der Waals surface area contributed by atoms with Crippen molar-refractivity contribution >= 4 is 22.7 Å². The van der Waals surface area contributed by atoms with Crippen molar-refractivity contribution in [3.05, 3.63) is 77.9 Å². The van der Waals surface area contributed by atoms with Crippen molar-refractivity contribution in [1.82, 2.24) is 0 Å². The maximum absolute atomic E-state index is 4.27. The Morgan fingerprint density at radius 2 is 1.60 bits per heavy atom. The number of rotatable bonds is 3. The van der Waals surface area contributed by atoms with Gasteiger partial charge in [0.05, 0.1) is 11.9 Å². The Hall–Kier alpha value is -2.61. The van der Waals surface area contributed by atoms with Gasteiger partial charge in [0.2, 0.25) is 0 Å². The van der Waals surface area contributed by atoms with Gasteiger partial charge >= 0.3 is 0 Å². The number of hydrazone groups is 1. The first kappa shape index (κ1) is 12.4. The molecule has 0 aliphatic rings. The number of hydrogen-bond donors (Lipinski definition) is 1. The summed E-state index contributed by atoms with van der Waals surface area (Å²) in [7, 11) is 0. The van der Waals surface area contributed by atoms with Gasteiger partial charge in [0.25, 0.3) is 0 Å². The van der Waals surface area contributed by atoms with E-state index >= 15 is 0 Å². The molecule has 0 fully saturated rings. The van der Waals surface area contributed by atoms with Crippen LogP contribution < -0.4 is 5.43 Å². The molecule has 1 N–H and O–H groups in total. The van der Waals surface area contributed by atoms with Crippen LogP contribution in [0.15, 0.2) is 71.8 Å². The molecule has 0 saturated carbocycles. The first-order valence-corrected chi connectivity index (χ1v) is 6.66. The van der Waals surface area contributed by atoms with E-state index in [1.807, 2.05) is 24.4 Å². The van der Waals surface area contributed by atoms with Crippen LogP contribution in [-0.2, 0) is 0 Å². The van der Waals surface area contributed by atoms with Crippen LogP contribution in [0.4, 0.5) is 5.69 Å². The fourth-order valence-electron chi connectivity index (χ4n) is 2.10. The second-order valence-corrected chi connectivity index (χ2v) is 4.84. The Morgan fingerprint density at radius 1 is 0.850 bits per heavy atom. The van der Waals surface area contributed by atoms with Crippen LogP contribution in [0.25, 0.3) is 10.8 Å². The highest BCUT2D eigenvalue weighted by Gasteiger charge is 1.93. The molecular formula is C18H16N2. The van der Waals surface area contributed by atoms with E-state index in [2.05, 4.69) is 66.0 Å². The van der Waals surface area contributed by atoms with Crippen LogP contribution in [0.3, 0.4) is 0 Å². The molecule has 0 spiro atoms. The number of fused-ring (bicyclic) bond motifs is 1. The van der Waals surface area contributed by atoms with Crippen LogP contribution in [0.2, 0.25) is 0 Å². The molecule has 98 valence electrons. The molecule has 0 aliphatic carbocycles. The molecule has 0 saturated heterocycles. The van der Waals surface area contributed by atoms with Crippen LogP contribution in [0.1, 0.15) is 11.1 Å². The normalized spacial score (nSPS) is 11.1. The minimum Gasteiger partial charge on any atom is -0.279 e. The first-order chi connectivity index (χ1) is 9.81. The van der Waals surface area contributed by atoms with Gasteiger partial charge < -0.3 is 0 Å². The Kier molecular flexibility index (Phi) is 3.46. The number of aryl methyl sites for hydroxylation is 1. The lowest BCUT2D eigenvalue weighted by atomic mass is 10.1. The SMILES string of the molecule is Cc1ccc(NN=Cc2ccc3ccccc3c2)cc1. The second-order valence-electron chi connectivity index (χ2n) is 4.84. The molecule has 3 aromatic rings. The largest absolute Gasteiger partial charge is 0.279 e. The summed E-state index contributed by atoms with van der Waals surface area (Å²) in [5.74, 6) is 0. The van der Waals surface area contributed by atoms with Crippen LogP contribution in [0, 0.1) is 6.92 Å². The molecule has 3 rings (SSSR count). The molecule has 0 amide bonds. The van der Waals surface area contributed by atoms with E-state index in [1.54, 1.807) is 0 Å². The lowest BCUT2D eigenvalue weighted by Crippen LogP contribution is -1.90. The van der Waals surface area contributed by atoms with Crippen LogP contribution in [-0.4, -0.2) is 6.21 Å². The molecule has 0 unspecified atom stereocenters. The Labute approximate surface area is 118 Å². The van der Waals surface area contributed by atoms with E-state index in [-0.39, 0.29) is 0 Å². The molecule has 2 heteroatoms. The second kappa shape index (κ2) is 5.57. The Balaban J connectivity index is 1.75. The zero-order valence-electron chi connectivity index (χ0n) is 11.4. The van der Waals surface area contributed by atoms with E-state index < -0.39 is 0 Å². The summed E-state index contributed by atoms with van der Waals surface area (Å²) >= 11 is 0. The highest BCUT2D eigenvalue weighted by molar-refractivity contribution is 5.90. The minimum atomic E-state index is 0.993. The predicted octanol–water partition coefficient (Wildman–Crippen LogP) is 4.59.